The van der Waals surface area contributed by atoms with Crippen LogP contribution in [0.3, 0.4) is 0 Å². The molecule has 6 nitrogen and oxygen atoms in total. The van der Waals surface area contributed by atoms with Gasteiger partial charge in [-0.2, -0.15) is 0 Å². The number of carbonyl (C=O) groups excluding carboxylic acids is 2. The third-order valence-electron chi connectivity index (χ3n) is 6.15. The van der Waals surface area contributed by atoms with Gasteiger partial charge in [-0.3, -0.25) is 14.5 Å². The van der Waals surface area contributed by atoms with Crippen molar-refractivity contribution in [3.63, 3.8) is 0 Å². The Hall–Kier alpha value is -3.65. The van der Waals surface area contributed by atoms with E-state index in [0.717, 1.165) is 28.1 Å². The van der Waals surface area contributed by atoms with Crippen molar-refractivity contribution in [1.82, 2.24) is 4.90 Å². The molecule has 2 amide bonds. The number of ether oxygens (including phenoxy) is 3. The van der Waals surface area contributed by atoms with E-state index in [1.807, 2.05) is 67.6 Å². The van der Waals surface area contributed by atoms with Gasteiger partial charge in [0.2, 0.25) is 0 Å². The van der Waals surface area contributed by atoms with Gasteiger partial charge in [-0.25, -0.2) is 0 Å². The molecule has 0 atom stereocenters. The highest BCUT2D eigenvalue weighted by atomic mass is 35.5. The number of hydrogen-bond acceptors (Lipinski definition) is 6. The number of fused-ring (bicyclic) bond motifs is 1. The standard InChI is InChI=1S/C31H25Cl2NO5S/c1-2-37-27-17-20(16-25(33)29(27)39-19-22-9-4-6-12-24(22)32)18-28-30(35)34(31(36)40-28)14-15-38-26-13-7-10-21-8-3-5-11-23(21)26/h3-13,16-18H,2,14-15,19H2,1H3/b28-18-. The summed E-state index contributed by atoms with van der Waals surface area (Å²) in [5, 5.41) is 2.58. The molecule has 40 heavy (non-hydrogen) atoms. The highest BCUT2D eigenvalue weighted by molar-refractivity contribution is 8.18. The van der Waals surface area contributed by atoms with Crippen molar-refractivity contribution in [2.24, 2.45) is 0 Å². The summed E-state index contributed by atoms with van der Waals surface area (Å²) in [6.45, 7) is 2.75. The first kappa shape index (κ1) is 27.9. The molecular formula is C31H25Cl2NO5S. The van der Waals surface area contributed by atoms with E-state index in [2.05, 4.69) is 0 Å². The van der Waals surface area contributed by atoms with Gasteiger partial charge in [0.25, 0.3) is 11.1 Å². The van der Waals surface area contributed by atoms with Crippen LogP contribution in [0, 0.1) is 0 Å². The van der Waals surface area contributed by atoms with Gasteiger partial charge in [-0.1, -0.05) is 77.8 Å². The Balaban J connectivity index is 1.28. The predicted octanol–water partition coefficient (Wildman–Crippen LogP) is 8.24. The number of halogens is 2. The van der Waals surface area contributed by atoms with Crippen LogP contribution in [0.2, 0.25) is 10.0 Å². The number of nitrogens with zero attached hydrogens (tertiary/aromatic N) is 1. The minimum atomic E-state index is -0.385. The van der Waals surface area contributed by atoms with E-state index in [4.69, 9.17) is 37.4 Å². The Morgan fingerprint density at radius 2 is 1.62 bits per heavy atom. The Morgan fingerprint density at radius 3 is 2.45 bits per heavy atom. The molecule has 0 radical (unpaired) electrons. The van der Waals surface area contributed by atoms with Gasteiger partial charge < -0.3 is 14.2 Å². The topological polar surface area (TPSA) is 65.1 Å². The van der Waals surface area contributed by atoms with Crippen molar-refractivity contribution < 1.29 is 23.8 Å². The van der Waals surface area contributed by atoms with Crippen LogP contribution in [0.1, 0.15) is 18.1 Å². The largest absolute Gasteiger partial charge is 0.491 e. The Labute approximate surface area is 246 Å². The molecule has 1 saturated heterocycles. The molecule has 0 N–H and O–H groups in total. The molecule has 9 heteroatoms. The zero-order chi connectivity index (χ0) is 28.1. The van der Waals surface area contributed by atoms with Crippen molar-refractivity contribution in [3.05, 3.63) is 105 Å². The molecule has 0 unspecified atom stereocenters. The monoisotopic (exact) mass is 593 g/mol. The van der Waals surface area contributed by atoms with E-state index in [9.17, 15) is 9.59 Å². The Bertz CT molecular complexity index is 1600. The maximum atomic E-state index is 13.1. The minimum Gasteiger partial charge on any atom is -0.491 e. The second kappa shape index (κ2) is 12.7. The summed E-state index contributed by atoms with van der Waals surface area (Å²) >= 11 is 13.7. The number of carbonyl (C=O) groups is 2. The highest BCUT2D eigenvalue weighted by Gasteiger charge is 2.35. The maximum Gasteiger partial charge on any atom is 0.293 e. The average molecular weight is 595 g/mol. The van der Waals surface area contributed by atoms with Gasteiger partial charge in [0.05, 0.1) is 23.1 Å². The van der Waals surface area contributed by atoms with Gasteiger partial charge in [0.1, 0.15) is 19.0 Å². The van der Waals surface area contributed by atoms with Gasteiger partial charge >= 0.3 is 0 Å². The Morgan fingerprint density at radius 1 is 0.850 bits per heavy atom. The highest BCUT2D eigenvalue weighted by Crippen LogP contribution is 2.40. The molecule has 0 spiro atoms. The lowest BCUT2D eigenvalue weighted by Crippen LogP contribution is -2.32. The third kappa shape index (κ3) is 6.22. The lowest BCUT2D eigenvalue weighted by molar-refractivity contribution is -0.123. The molecule has 4 aromatic rings. The fraction of sp³-hybridized carbons (Fsp3) is 0.161. The molecule has 1 aliphatic heterocycles. The summed E-state index contributed by atoms with van der Waals surface area (Å²) in [5.41, 5.74) is 1.42. The van der Waals surface area contributed by atoms with E-state index in [-0.39, 0.29) is 30.9 Å². The summed E-state index contributed by atoms with van der Waals surface area (Å²) in [6.07, 6.45) is 1.63. The van der Waals surface area contributed by atoms with Crippen LogP contribution in [0.25, 0.3) is 16.8 Å². The summed E-state index contributed by atoms with van der Waals surface area (Å²) in [6, 6.07) is 24.5. The fourth-order valence-electron chi connectivity index (χ4n) is 4.25. The van der Waals surface area contributed by atoms with Crippen LogP contribution >= 0.6 is 35.0 Å². The van der Waals surface area contributed by atoms with Gasteiger partial charge in [-0.05, 0) is 60.0 Å². The number of rotatable bonds is 10. The van der Waals surface area contributed by atoms with Crippen LogP contribution in [0.5, 0.6) is 17.2 Å². The van der Waals surface area contributed by atoms with Gasteiger partial charge in [-0.15, -0.1) is 0 Å². The van der Waals surface area contributed by atoms with E-state index in [0.29, 0.717) is 44.4 Å². The molecule has 0 bridgehead atoms. The van der Waals surface area contributed by atoms with Gasteiger partial charge in [0, 0.05) is 16.0 Å². The first-order chi connectivity index (χ1) is 19.4. The maximum absolute atomic E-state index is 13.1. The smallest absolute Gasteiger partial charge is 0.293 e. The number of thioether (sulfide) groups is 1. The second-order valence-corrected chi connectivity index (χ2v) is 10.6. The molecule has 0 saturated carbocycles. The molecule has 4 aromatic carbocycles. The Kier molecular flexibility index (Phi) is 8.85. The number of benzene rings is 4. The van der Waals surface area contributed by atoms with Crippen LogP contribution in [-0.2, 0) is 11.4 Å². The second-order valence-electron chi connectivity index (χ2n) is 8.80. The molecule has 1 aliphatic rings. The van der Waals surface area contributed by atoms with E-state index < -0.39 is 0 Å². The number of hydrogen-bond donors (Lipinski definition) is 0. The summed E-state index contributed by atoms with van der Waals surface area (Å²) in [4.78, 5) is 27.2. The lowest BCUT2D eigenvalue weighted by Gasteiger charge is -2.15. The van der Waals surface area contributed by atoms with Gasteiger partial charge in [0.15, 0.2) is 11.5 Å². The van der Waals surface area contributed by atoms with Crippen molar-refractivity contribution >= 4 is 63.0 Å². The molecule has 1 heterocycles. The summed E-state index contributed by atoms with van der Waals surface area (Å²) < 4.78 is 17.7. The van der Waals surface area contributed by atoms with Crippen molar-refractivity contribution in [1.29, 1.82) is 0 Å². The van der Waals surface area contributed by atoms with Crippen LogP contribution in [-0.4, -0.2) is 35.8 Å². The normalized spacial score (nSPS) is 14.3. The van der Waals surface area contributed by atoms with E-state index in [1.54, 1.807) is 24.3 Å². The van der Waals surface area contributed by atoms with Crippen molar-refractivity contribution in [2.45, 2.75) is 13.5 Å². The molecule has 0 aliphatic carbocycles. The third-order valence-corrected chi connectivity index (χ3v) is 7.71. The quantitative estimate of drug-likeness (QED) is 0.172. The van der Waals surface area contributed by atoms with E-state index in [1.165, 1.54) is 4.90 Å². The predicted molar refractivity (Wildman–Crippen MR) is 161 cm³/mol. The lowest BCUT2D eigenvalue weighted by atomic mass is 10.1. The zero-order valence-corrected chi connectivity index (χ0v) is 23.9. The van der Waals surface area contributed by atoms with Crippen LogP contribution in [0.4, 0.5) is 4.79 Å². The first-order valence-electron chi connectivity index (χ1n) is 12.6. The van der Waals surface area contributed by atoms with E-state index >= 15 is 0 Å². The summed E-state index contributed by atoms with van der Waals surface area (Å²) in [7, 11) is 0. The van der Waals surface area contributed by atoms with Crippen LogP contribution < -0.4 is 14.2 Å². The number of amides is 2. The van der Waals surface area contributed by atoms with Crippen LogP contribution in [0.15, 0.2) is 83.8 Å². The first-order valence-corrected chi connectivity index (χ1v) is 14.2. The zero-order valence-electron chi connectivity index (χ0n) is 21.6. The SMILES string of the molecule is CCOc1cc(/C=C2\SC(=O)N(CCOc3cccc4ccccc34)C2=O)cc(Cl)c1OCc1ccccc1Cl. The molecular weight excluding hydrogens is 569 g/mol. The van der Waals surface area contributed by atoms with Crippen molar-refractivity contribution in [2.75, 3.05) is 19.8 Å². The molecule has 1 fully saturated rings. The molecule has 0 aromatic heterocycles. The molecule has 5 rings (SSSR count). The minimum absolute atomic E-state index is 0.130. The number of imide groups is 1. The fourth-order valence-corrected chi connectivity index (χ4v) is 5.58. The molecule has 204 valence electrons. The average Bonchev–Trinajstić information content (AvgIpc) is 3.21. The summed E-state index contributed by atoms with van der Waals surface area (Å²) in [5.74, 6) is 1.12. The van der Waals surface area contributed by atoms with Crippen molar-refractivity contribution in [3.8, 4) is 17.2 Å².